The molecule has 0 aliphatic rings. The molecule has 0 bridgehead atoms. The van der Waals surface area contributed by atoms with Crippen molar-refractivity contribution in [2.24, 2.45) is 0 Å². The molecule has 0 aliphatic carbocycles. The SMILES string of the molecule is CCOc1ccc2nc(NC(=O)c3cn[nH]n3)sc2c1. The molecule has 0 spiro atoms. The lowest BCUT2D eigenvalue weighted by molar-refractivity contribution is 0.102. The zero-order valence-corrected chi connectivity index (χ0v) is 11.4. The molecule has 0 radical (unpaired) electrons. The van der Waals surface area contributed by atoms with Crippen LogP contribution in [0.1, 0.15) is 17.4 Å². The summed E-state index contributed by atoms with van der Waals surface area (Å²) in [5.41, 5.74) is 1.04. The van der Waals surface area contributed by atoms with Crippen molar-refractivity contribution in [2.75, 3.05) is 11.9 Å². The molecule has 3 aromatic rings. The van der Waals surface area contributed by atoms with E-state index in [0.717, 1.165) is 16.0 Å². The standard InChI is InChI=1S/C12H11N5O2S/c1-2-19-7-3-4-8-10(5-7)20-12(14-8)15-11(18)9-6-13-17-16-9/h3-6H,2H2,1H3,(H,13,16,17)(H,14,15,18). The molecule has 20 heavy (non-hydrogen) atoms. The first kappa shape index (κ1) is 12.5. The van der Waals surface area contributed by atoms with E-state index in [9.17, 15) is 4.79 Å². The van der Waals surface area contributed by atoms with Gasteiger partial charge in [0.15, 0.2) is 10.8 Å². The Labute approximate surface area is 118 Å². The third-order valence-electron chi connectivity index (χ3n) is 2.54. The molecule has 0 saturated carbocycles. The number of anilines is 1. The molecule has 0 aliphatic heterocycles. The van der Waals surface area contributed by atoms with Gasteiger partial charge in [-0.3, -0.25) is 10.1 Å². The van der Waals surface area contributed by atoms with E-state index in [2.05, 4.69) is 25.7 Å². The molecule has 2 N–H and O–H groups in total. The van der Waals surface area contributed by atoms with Gasteiger partial charge in [-0.1, -0.05) is 11.3 Å². The molecule has 0 fully saturated rings. The molecule has 2 heterocycles. The van der Waals surface area contributed by atoms with Crippen molar-refractivity contribution in [1.29, 1.82) is 0 Å². The summed E-state index contributed by atoms with van der Waals surface area (Å²) in [6.07, 6.45) is 1.36. The number of aromatic amines is 1. The number of hydrogen-bond donors (Lipinski definition) is 2. The summed E-state index contributed by atoms with van der Waals surface area (Å²) in [4.78, 5) is 16.2. The van der Waals surface area contributed by atoms with Crippen LogP contribution < -0.4 is 10.1 Å². The number of hydrogen-bond acceptors (Lipinski definition) is 6. The second kappa shape index (κ2) is 5.25. The molecule has 0 unspecified atom stereocenters. The molecule has 2 aromatic heterocycles. The predicted molar refractivity (Wildman–Crippen MR) is 75.1 cm³/mol. The maximum atomic E-state index is 11.8. The zero-order chi connectivity index (χ0) is 13.9. The van der Waals surface area contributed by atoms with Crippen LogP contribution in [0, 0.1) is 0 Å². The Balaban J connectivity index is 1.84. The number of fused-ring (bicyclic) bond motifs is 1. The number of benzene rings is 1. The smallest absolute Gasteiger partial charge is 0.279 e. The Morgan fingerprint density at radius 2 is 2.40 bits per heavy atom. The van der Waals surface area contributed by atoms with E-state index in [0.29, 0.717) is 11.7 Å². The molecule has 3 rings (SSSR count). The summed E-state index contributed by atoms with van der Waals surface area (Å²) in [7, 11) is 0. The monoisotopic (exact) mass is 289 g/mol. The van der Waals surface area contributed by atoms with E-state index in [1.807, 2.05) is 25.1 Å². The maximum Gasteiger partial charge on any atom is 0.279 e. The number of rotatable bonds is 4. The van der Waals surface area contributed by atoms with Crippen LogP contribution in [0.5, 0.6) is 5.75 Å². The van der Waals surface area contributed by atoms with E-state index < -0.39 is 0 Å². The lowest BCUT2D eigenvalue weighted by atomic mass is 10.3. The number of amides is 1. The van der Waals surface area contributed by atoms with E-state index in [1.54, 1.807) is 0 Å². The van der Waals surface area contributed by atoms with Crippen molar-refractivity contribution in [2.45, 2.75) is 6.92 Å². The largest absolute Gasteiger partial charge is 0.494 e. The van der Waals surface area contributed by atoms with Gasteiger partial charge < -0.3 is 4.74 Å². The topological polar surface area (TPSA) is 92.8 Å². The van der Waals surface area contributed by atoms with Gasteiger partial charge in [-0.05, 0) is 25.1 Å². The third-order valence-corrected chi connectivity index (χ3v) is 3.47. The Hall–Kier alpha value is -2.48. The van der Waals surface area contributed by atoms with E-state index in [4.69, 9.17) is 4.74 Å². The number of carbonyl (C=O) groups is 1. The van der Waals surface area contributed by atoms with Crippen LogP contribution in [0.15, 0.2) is 24.4 Å². The maximum absolute atomic E-state index is 11.8. The van der Waals surface area contributed by atoms with Crippen LogP contribution in [0.25, 0.3) is 10.2 Å². The van der Waals surface area contributed by atoms with Gasteiger partial charge in [0.05, 0.1) is 23.0 Å². The van der Waals surface area contributed by atoms with Gasteiger partial charge in [0.25, 0.3) is 5.91 Å². The van der Waals surface area contributed by atoms with Gasteiger partial charge in [0.2, 0.25) is 0 Å². The van der Waals surface area contributed by atoms with E-state index in [-0.39, 0.29) is 11.6 Å². The summed E-state index contributed by atoms with van der Waals surface area (Å²) in [6, 6.07) is 5.62. The second-order valence-corrected chi connectivity index (χ2v) is 4.92. The van der Waals surface area contributed by atoms with Crippen molar-refractivity contribution in [3.05, 3.63) is 30.1 Å². The van der Waals surface area contributed by atoms with Crippen LogP contribution in [0.2, 0.25) is 0 Å². The van der Waals surface area contributed by atoms with Crippen molar-refractivity contribution < 1.29 is 9.53 Å². The highest BCUT2D eigenvalue weighted by molar-refractivity contribution is 7.22. The minimum absolute atomic E-state index is 0.222. The fourth-order valence-corrected chi connectivity index (χ4v) is 2.58. The van der Waals surface area contributed by atoms with Crippen LogP contribution in [-0.4, -0.2) is 32.9 Å². The van der Waals surface area contributed by atoms with Crippen LogP contribution in [-0.2, 0) is 0 Å². The Morgan fingerprint density at radius 1 is 1.50 bits per heavy atom. The first-order valence-corrected chi connectivity index (χ1v) is 6.78. The number of H-pyrrole nitrogens is 1. The van der Waals surface area contributed by atoms with Gasteiger partial charge in [0, 0.05) is 0 Å². The number of carbonyl (C=O) groups excluding carboxylic acids is 1. The number of nitrogens with one attached hydrogen (secondary N) is 2. The summed E-state index contributed by atoms with van der Waals surface area (Å²) in [5.74, 6) is 0.445. The molecule has 8 heteroatoms. The lowest BCUT2D eigenvalue weighted by Crippen LogP contribution is -2.11. The van der Waals surface area contributed by atoms with Crippen molar-refractivity contribution in [3.8, 4) is 5.75 Å². The van der Waals surface area contributed by atoms with Gasteiger partial charge in [-0.25, -0.2) is 4.98 Å². The van der Waals surface area contributed by atoms with Crippen LogP contribution >= 0.6 is 11.3 Å². The minimum Gasteiger partial charge on any atom is -0.494 e. The predicted octanol–water partition coefficient (Wildman–Crippen LogP) is 2.07. The average Bonchev–Trinajstić information content (AvgIpc) is 3.06. The Morgan fingerprint density at radius 3 is 3.15 bits per heavy atom. The second-order valence-electron chi connectivity index (χ2n) is 3.89. The normalized spacial score (nSPS) is 10.7. The van der Waals surface area contributed by atoms with Gasteiger partial charge in [0.1, 0.15) is 5.75 Å². The molecule has 102 valence electrons. The summed E-state index contributed by atoms with van der Waals surface area (Å²) < 4.78 is 6.38. The lowest BCUT2D eigenvalue weighted by Gasteiger charge is -2.00. The molecule has 0 saturated heterocycles. The highest BCUT2D eigenvalue weighted by atomic mass is 32.1. The molecular weight excluding hydrogens is 278 g/mol. The minimum atomic E-state index is -0.345. The molecular formula is C12H11N5O2S. The van der Waals surface area contributed by atoms with E-state index >= 15 is 0 Å². The summed E-state index contributed by atoms with van der Waals surface area (Å²) in [5, 5.41) is 12.9. The molecule has 7 nitrogen and oxygen atoms in total. The Bertz CT molecular complexity index is 737. The molecule has 1 aromatic carbocycles. The average molecular weight is 289 g/mol. The van der Waals surface area contributed by atoms with Crippen molar-refractivity contribution in [3.63, 3.8) is 0 Å². The molecule has 0 atom stereocenters. The first-order valence-electron chi connectivity index (χ1n) is 5.97. The number of thiazole rings is 1. The van der Waals surface area contributed by atoms with E-state index in [1.165, 1.54) is 17.5 Å². The quantitative estimate of drug-likeness (QED) is 0.767. The summed E-state index contributed by atoms with van der Waals surface area (Å²) >= 11 is 1.38. The Kier molecular flexibility index (Phi) is 3.30. The fourth-order valence-electron chi connectivity index (χ4n) is 1.69. The van der Waals surface area contributed by atoms with Crippen LogP contribution in [0.3, 0.4) is 0 Å². The fraction of sp³-hybridized carbons (Fsp3) is 0.167. The number of nitrogens with zero attached hydrogens (tertiary/aromatic N) is 3. The highest BCUT2D eigenvalue weighted by Gasteiger charge is 2.12. The highest BCUT2D eigenvalue weighted by Crippen LogP contribution is 2.29. The number of aromatic nitrogens is 4. The van der Waals surface area contributed by atoms with Crippen molar-refractivity contribution >= 4 is 32.6 Å². The zero-order valence-electron chi connectivity index (χ0n) is 10.6. The number of ether oxygens (including phenoxy) is 1. The van der Waals surface area contributed by atoms with Gasteiger partial charge >= 0.3 is 0 Å². The molecule has 1 amide bonds. The van der Waals surface area contributed by atoms with Crippen LogP contribution in [0.4, 0.5) is 5.13 Å². The summed E-state index contributed by atoms with van der Waals surface area (Å²) in [6.45, 7) is 2.54. The third kappa shape index (κ3) is 2.45. The first-order chi connectivity index (χ1) is 9.76. The van der Waals surface area contributed by atoms with Gasteiger partial charge in [-0.2, -0.15) is 15.4 Å². The van der Waals surface area contributed by atoms with Gasteiger partial charge in [-0.15, -0.1) is 0 Å². The van der Waals surface area contributed by atoms with Crippen molar-refractivity contribution in [1.82, 2.24) is 20.4 Å².